The van der Waals surface area contributed by atoms with Gasteiger partial charge in [-0.15, -0.1) is 0 Å². The summed E-state index contributed by atoms with van der Waals surface area (Å²) in [7, 11) is 5.14. The van der Waals surface area contributed by atoms with E-state index >= 15 is 0 Å². The molecule has 2 unspecified atom stereocenters. The first kappa shape index (κ1) is 15.8. The van der Waals surface area contributed by atoms with Crippen molar-refractivity contribution >= 4 is 13.5 Å². The van der Waals surface area contributed by atoms with E-state index in [-0.39, 0.29) is 11.3 Å². The standard InChI is InChI=1S/C14H26BN2O3/c1-17(2)9-13-8-11(13)7-10(5-3-4-6-15-20)14(13,16)12(18)19/h10-11,20H,3-9,16H2,1-2H3,(H,18,19)/t10?,11-,13-,14?/m0/s1. The van der Waals surface area contributed by atoms with E-state index in [0.29, 0.717) is 12.2 Å². The monoisotopic (exact) mass is 281 g/mol. The molecule has 2 aliphatic carbocycles. The highest BCUT2D eigenvalue weighted by molar-refractivity contribution is 6.25. The van der Waals surface area contributed by atoms with E-state index < -0.39 is 11.5 Å². The second kappa shape index (κ2) is 5.66. The number of carboxylic acids is 1. The van der Waals surface area contributed by atoms with Crippen molar-refractivity contribution in [1.82, 2.24) is 4.90 Å². The van der Waals surface area contributed by atoms with Gasteiger partial charge >= 0.3 is 5.97 Å². The lowest BCUT2D eigenvalue weighted by molar-refractivity contribution is -0.148. The van der Waals surface area contributed by atoms with Crippen molar-refractivity contribution in [2.24, 2.45) is 23.0 Å². The minimum absolute atomic E-state index is 0.0670. The number of nitrogens with two attached hydrogens (primary N) is 1. The molecule has 2 saturated carbocycles. The zero-order valence-electron chi connectivity index (χ0n) is 12.5. The predicted octanol–water partition coefficient (Wildman–Crippen LogP) is 0.556. The number of aliphatic carboxylic acids is 1. The summed E-state index contributed by atoms with van der Waals surface area (Å²) in [5, 5.41) is 18.4. The van der Waals surface area contributed by atoms with Gasteiger partial charge in [-0.3, -0.25) is 4.79 Å². The fraction of sp³-hybridized carbons (Fsp3) is 0.929. The number of nitrogens with zero attached hydrogens (tertiary/aromatic N) is 1. The number of fused-ring (bicyclic) bond motifs is 1. The Morgan fingerprint density at radius 2 is 2.15 bits per heavy atom. The van der Waals surface area contributed by atoms with Gasteiger partial charge in [-0.05, 0) is 45.2 Å². The van der Waals surface area contributed by atoms with Crippen molar-refractivity contribution < 1.29 is 14.9 Å². The molecule has 0 aliphatic heterocycles. The molecular weight excluding hydrogens is 255 g/mol. The van der Waals surface area contributed by atoms with Crippen LogP contribution in [0, 0.1) is 17.3 Å². The summed E-state index contributed by atoms with van der Waals surface area (Å²) in [6, 6.07) is 0. The Hall–Kier alpha value is -0.585. The first-order valence-electron chi connectivity index (χ1n) is 7.51. The summed E-state index contributed by atoms with van der Waals surface area (Å²) in [6.45, 7) is 0.765. The van der Waals surface area contributed by atoms with Crippen molar-refractivity contribution in [3.63, 3.8) is 0 Å². The molecule has 0 amide bonds. The van der Waals surface area contributed by atoms with Crippen molar-refractivity contribution in [3.8, 4) is 0 Å². The Labute approximate surface area is 121 Å². The quantitative estimate of drug-likeness (QED) is 0.447. The van der Waals surface area contributed by atoms with Gasteiger partial charge in [-0.1, -0.05) is 19.2 Å². The molecule has 2 aliphatic rings. The first-order valence-corrected chi connectivity index (χ1v) is 7.51. The zero-order chi connectivity index (χ0) is 15.0. The SMILES string of the molecule is CN(C)C[C@@]12C[C@@H]1CC(CCCC[B]O)C2(N)C(=O)O. The van der Waals surface area contributed by atoms with Crippen molar-refractivity contribution in [2.45, 2.75) is 44.0 Å². The summed E-state index contributed by atoms with van der Waals surface area (Å²) in [6.07, 6.45) is 5.24. The molecule has 0 aromatic rings. The molecule has 113 valence electrons. The largest absolute Gasteiger partial charge is 0.480 e. The van der Waals surface area contributed by atoms with Gasteiger partial charge in [0.05, 0.1) is 0 Å². The van der Waals surface area contributed by atoms with Gasteiger partial charge in [0.2, 0.25) is 0 Å². The minimum atomic E-state index is -1.08. The average Bonchev–Trinajstić information content (AvgIpc) is 2.99. The Bertz CT molecular complexity index is 379. The van der Waals surface area contributed by atoms with Crippen LogP contribution in [0.4, 0.5) is 0 Å². The van der Waals surface area contributed by atoms with E-state index in [9.17, 15) is 9.90 Å². The fourth-order valence-corrected chi connectivity index (χ4v) is 4.38. The lowest BCUT2D eigenvalue weighted by Gasteiger charge is -2.37. The van der Waals surface area contributed by atoms with Crippen molar-refractivity contribution in [1.29, 1.82) is 0 Å². The van der Waals surface area contributed by atoms with Crippen LogP contribution in [0.25, 0.3) is 0 Å². The molecule has 4 N–H and O–H groups in total. The molecule has 0 bridgehead atoms. The van der Waals surface area contributed by atoms with Crippen LogP contribution < -0.4 is 5.73 Å². The number of rotatable bonds is 8. The maximum absolute atomic E-state index is 11.9. The number of carboxylic acid groups (broad SMARTS) is 1. The fourth-order valence-electron chi connectivity index (χ4n) is 4.38. The third kappa shape index (κ3) is 2.38. The lowest BCUT2D eigenvalue weighted by Crippen LogP contribution is -2.60. The predicted molar refractivity (Wildman–Crippen MR) is 78.4 cm³/mol. The molecule has 2 rings (SSSR count). The molecule has 0 aromatic heterocycles. The molecule has 20 heavy (non-hydrogen) atoms. The molecule has 2 fully saturated rings. The van der Waals surface area contributed by atoms with Gasteiger partial charge in [0.1, 0.15) is 5.54 Å². The second-order valence-corrected chi connectivity index (χ2v) is 6.87. The molecule has 0 saturated heterocycles. The smallest absolute Gasteiger partial charge is 0.324 e. The summed E-state index contributed by atoms with van der Waals surface area (Å²) in [5.41, 5.74) is 5.14. The summed E-state index contributed by atoms with van der Waals surface area (Å²) < 4.78 is 0. The summed E-state index contributed by atoms with van der Waals surface area (Å²) in [5.74, 6) is -0.295. The number of carbonyl (C=O) groups is 1. The maximum Gasteiger partial charge on any atom is 0.324 e. The lowest BCUT2D eigenvalue weighted by atomic mass is 9.73. The van der Waals surface area contributed by atoms with Crippen molar-refractivity contribution in [3.05, 3.63) is 0 Å². The molecule has 6 heteroatoms. The first-order chi connectivity index (χ1) is 9.38. The maximum atomic E-state index is 11.9. The van der Waals surface area contributed by atoms with Gasteiger partial charge in [0, 0.05) is 12.0 Å². The summed E-state index contributed by atoms with van der Waals surface area (Å²) >= 11 is 0. The van der Waals surface area contributed by atoms with Crippen LogP contribution in [0.3, 0.4) is 0 Å². The van der Waals surface area contributed by atoms with Gasteiger partial charge in [0.25, 0.3) is 7.48 Å². The third-order valence-electron chi connectivity index (χ3n) is 5.36. The van der Waals surface area contributed by atoms with Crippen LogP contribution in [0.5, 0.6) is 0 Å². The van der Waals surface area contributed by atoms with Crippen LogP contribution in [0.2, 0.25) is 6.32 Å². The second-order valence-electron chi connectivity index (χ2n) is 6.87. The Balaban J connectivity index is 2.06. The highest BCUT2D eigenvalue weighted by atomic mass is 16.4. The van der Waals surface area contributed by atoms with Gasteiger partial charge in [0.15, 0.2) is 0 Å². The number of hydrogen-bond acceptors (Lipinski definition) is 4. The van der Waals surface area contributed by atoms with E-state index in [0.717, 1.165) is 38.6 Å². The Morgan fingerprint density at radius 1 is 1.45 bits per heavy atom. The average molecular weight is 281 g/mol. The number of unbranched alkanes of at least 4 members (excludes halogenated alkanes) is 1. The van der Waals surface area contributed by atoms with E-state index in [2.05, 4.69) is 4.90 Å². The Kier molecular flexibility index (Phi) is 4.47. The summed E-state index contributed by atoms with van der Waals surface area (Å²) in [4.78, 5) is 13.9. The minimum Gasteiger partial charge on any atom is -0.480 e. The highest BCUT2D eigenvalue weighted by Crippen LogP contribution is 2.70. The van der Waals surface area contributed by atoms with Crippen LogP contribution in [0.1, 0.15) is 32.1 Å². The van der Waals surface area contributed by atoms with Crippen LogP contribution >= 0.6 is 0 Å². The molecule has 0 aromatic carbocycles. The van der Waals surface area contributed by atoms with E-state index in [1.807, 2.05) is 14.1 Å². The molecular formula is C14H26BN2O3. The van der Waals surface area contributed by atoms with E-state index in [1.54, 1.807) is 0 Å². The normalized spacial score (nSPS) is 38.9. The van der Waals surface area contributed by atoms with E-state index in [1.165, 1.54) is 7.48 Å². The molecule has 0 heterocycles. The molecule has 4 atom stereocenters. The van der Waals surface area contributed by atoms with E-state index in [4.69, 9.17) is 10.8 Å². The van der Waals surface area contributed by atoms with Crippen molar-refractivity contribution in [2.75, 3.05) is 20.6 Å². The Morgan fingerprint density at radius 3 is 2.70 bits per heavy atom. The molecule has 5 nitrogen and oxygen atoms in total. The molecule has 0 spiro atoms. The van der Waals surface area contributed by atoms with Crippen LogP contribution in [-0.2, 0) is 4.79 Å². The molecule has 1 radical (unpaired) electrons. The van der Waals surface area contributed by atoms with Crippen LogP contribution in [-0.4, -0.2) is 54.7 Å². The number of hydrogen-bond donors (Lipinski definition) is 3. The van der Waals surface area contributed by atoms with Crippen LogP contribution in [0.15, 0.2) is 0 Å². The zero-order valence-corrected chi connectivity index (χ0v) is 12.5. The van der Waals surface area contributed by atoms with Gasteiger partial charge in [-0.25, -0.2) is 0 Å². The third-order valence-corrected chi connectivity index (χ3v) is 5.36. The highest BCUT2D eigenvalue weighted by Gasteiger charge is 2.75. The van der Waals surface area contributed by atoms with Gasteiger partial charge in [-0.2, -0.15) is 0 Å². The topological polar surface area (TPSA) is 86.8 Å². The van der Waals surface area contributed by atoms with Gasteiger partial charge < -0.3 is 20.8 Å².